The molecule has 0 bridgehead atoms. The van der Waals surface area contributed by atoms with Crippen molar-refractivity contribution in [3.05, 3.63) is 35.9 Å². The first-order valence-electron chi connectivity index (χ1n) is 5.31. The van der Waals surface area contributed by atoms with Crippen LogP contribution in [0.5, 0.6) is 0 Å². The molecule has 1 aromatic carbocycles. The number of aryl methyl sites for hydroxylation is 1. The standard InChI is InChI=1S/C12H15NO4/c14-10(12(16)17)8-13-11(15)7-6-9-4-2-1-3-5-9/h1-5,10,14H,6-8H2,(H,13,15)(H,16,17)/t10-/m0/s1. The van der Waals surface area contributed by atoms with Crippen LogP contribution in [0.25, 0.3) is 0 Å². The van der Waals surface area contributed by atoms with E-state index in [1.165, 1.54) is 0 Å². The highest BCUT2D eigenvalue weighted by Crippen LogP contribution is 2.01. The Morgan fingerprint density at radius 1 is 1.24 bits per heavy atom. The molecule has 0 heterocycles. The Morgan fingerprint density at radius 2 is 1.88 bits per heavy atom. The molecule has 0 fully saturated rings. The Labute approximate surface area is 99.1 Å². The van der Waals surface area contributed by atoms with Crippen molar-refractivity contribution in [3.63, 3.8) is 0 Å². The smallest absolute Gasteiger partial charge is 0.334 e. The number of aliphatic hydroxyl groups excluding tert-OH is 1. The largest absolute Gasteiger partial charge is 0.479 e. The molecular formula is C12H15NO4. The zero-order valence-corrected chi connectivity index (χ0v) is 9.30. The number of carboxylic acids is 1. The number of aliphatic carboxylic acids is 1. The van der Waals surface area contributed by atoms with Gasteiger partial charge in [0.2, 0.25) is 5.91 Å². The van der Waals surface area contributed by atoms with E-state index in [4.69, 9.17) is 10.2 Å². The number of carboxylic acid groups (broad SMARTS) is 1. The van der Waals surface area contributed by atoms with Gasteiger partial charge >= 0.3 is 5.97 Å². The maximum Gasteiger partial charge on any atom is 0.334 e. The van der Waals surface area contributed by atoms with Crippen molar-refractivity contribution in [1.29, 1.82) is 0 Å². The zero-order valence-electron chi connectivity index (χ0n) is 9.30. The van der Waals surface area contributed by atoms with Gasteiger partial charge in [0.1, 0.15) is 0 Å². The summed E-state index contributed by atoms with van der Waals surface area (Å²) in [7, 11) is 0. The van der Waals surface area contributed by atoms with E-state index in [0.717, 1.165) is 5.56 Å². The molecule has 0 unspecified atom stereocenters. The Kier molecular flexibility index (Phi) is 5.16. The molecule has 1 rings (SSSR count). The van der Waals surface area contributed by atoms with Crippen LogP contribution in [0.1, 0.15) is 12.0 Å². The van der Waals surface area contributed by atoms with E-state index >= 15 is 0 Å². The highest BCUT2D eigenvalue weighted by atomic mass is 16.4. The fourth-order valence-corrected chi connectivity index (χ4v) is 1.29. The minimum atomic E-state index is -1.55. The van der Waals surface area contributed by atoms with Crippen LogP contribution in [0.2, 0.25) is 0 Å². The van der Waals surface area contributed by atoms with Crippen LogP contribution >= 0.6 is 0 Å². The molecule has 5 heteroatoms. The van der Waals surface area contributed by atoms with E-state index in [-0.39, 0.29) is 18.9 Å². The van der Waals surface area contributed by atoms with Crippen molar-refractivity contribution < 1.29 is 19.8 Å². The number of amides is 1. The Morgan fingerprint density at radius 3 is 2.47 bits per heavy atom. The van der Waals surface area contributed by atoms with Crippen LogP contribution in [0.3, 0.4) is 0 Å². The normalized spacial score (nSPS) is 11.8. The minimum absolute atomic E-state index is 0.261. The SMILES string of the molecule is O=C(CCc1ccccc1)NC[C@H](O)C(=O)O. The molecular weight excluding hydrogens is 222 g/mol. The molecule has 0 aliphatic rings. The first-order valence-corrected chi connectivity index (χ1v) is 5.31. The predicted molar refractivity (Wildman–Crippen MR) is 61.4 cm³/mol. The topological polar surface area (TPSA) is 86.6 Å². The molecule has 17 heavy (non-hydrogen) atoms. The van der Waals surface area contributed by atoms with E-state index in [1.807, 2.05) is 30.3 Å². The van der Waals surface area contributed by atoms with Crippen LogP contribution in [-0.4, -0.2) is 34.7 Å². The highest BCUT2D eigenvalue weighted by molar-refractivity contribution is 5.78. The van der Waals surface area contributed by atoms with Crippen LogP contribution < -0.4 is 5.32 Å². The highest BCUT2D eigenvalue weighted by Gasteiger charge is 2.13. The van der Waals surface area contributed by atoms with Gasteiger partial charge in [-0.15, -0.1) is 0 Å². The van der Waals surface area contributed by atoms with Crippen LogP contribution in [0.4, 0.5) is 0 Å². The van der Waals surface area contributed by atoms with Gasteiger partial charge in [0.15, 0.2) is 6.10 Å². The van der Waals surface area contributed by atoms with Crippen molar-refractivity contribution in [2.45, 2.75) is 18.9 Å². The van der Waals surface area contributed by atoms with Gasteiger partial charge < -0.3 is 15.5 Å². The quantitative estimate of drug-likeness (QED) is 0.658. The number of carbonyl (C=O) groups is 2. The summed E-state index contributed by atoms with van der Waals surface area (Å²) in [6.45, 7) is -0.261. The van der Waals surface area contributed by atoms with E-state index in [1.54, 1.807) is 0 Å². The number of nitrogens with one attached hydrogen (secondary N) is 1. The number of benzene rings is 1. The summed E-state index contributed by atoms with van der Waals surface area (Å²) in [5.74, 6) is -1.61. The van der Waals surface area contributed by atoms with Gasteiger partial charge in [0.05, 0.1) is 6.54 Å². The van der Waals surface area contributed by atoms with Gasteiger partial charge in [-0.2, -0.15) is 0 Å². The summed E-state index contributed by atoms with van der Waals surface area (Å²) in [5.41, 5.74) is 1.04. The van der Waals surface area contributed by atoms with Crippen LogP contribution in [0.15, 0.2) is 30.3 Å². The lowest BCUT2D eigenvalue weighted by Gasteiger charge is -2.07. The molecule has 0 radical (unpaired) electrons. The fraction of sp³-hybridized carbons (Fsp3) is 0.333. The lowest BCUT2D eigenvalue weighted by Crippen LogP contribution is -2.36. The summed E-state index contributed by atoms with van der Waals surface area (Å²) in [6.07, 6.45) is -0.678. The molecule has 1 amide bonds. The molecule has 0 spiro atoms. The monoisotopic (exact) mass is 237 g/mol. The van der Waals surface area contributed by atoms with Gasteiger partial charge in [-0.3, -0.25) is 4.79 Å². The molecule has 5 nitrogen and oxygen atoms in total. The first kappa shape index (κ1) is 13.2. The molecule has 0 aliphatic carbocycles. The van der Waals surface area contributed by atoms with E-state index in [9.17, 15) is 9.59 Å². The third kappa shape index (κ3) is 5.12. The van der Waals surface area contributed by atoms with Crippen LogP contribution in [0, 0.1) is 0 Å². The lowest BCUT2D eigenvalue weighted by atomic mass is 10.1. The maximum absolute atomic E-state index is 11.3. The van der Waals surface area contributed by atoms with Gasteiger partial charge in [-0.25, -0.2) is 4.79 Å². The van der Waals surface area contributed by atoms with Gasteiger partial charge in [-0.05, 0) is 12.0 Å². The Balaban J connectivity index is 2.24. The first-order chi connectivity index (χ1) is 8.09. The van der Waals surface area contributed by atoms with Gasteiger partial charge in [-0.1, -0.05) is 30.3 Å². The molecule has 0 aromatic heterocycles. The molecule has 0 saturated carbocycles. The number of hydrogen-bond donors (Lipinski definition) is 3. The van der Waals surface area contributed by atoms with Crippen LogP contribution in [-0.2, 0) is 16.0 Å². The summed E-state index contributed by atoms with van der Waals surface area (Å²) in [4.78, 5) is 21.6. The zero-order chi connectivity index (χ0) is 12.7. The number of aliphatic hydroxyl groups is 1. The second-order valence-electron chi connectivity index (χ2n) is 3.64. The number of carbonyl (C=O) groups excluding carboxylic acids is 1. The molecule has 92 valence electrons. The Bertz CT molecular complexity index is 377. The second-order valence-corrected chi connectivity index (χ2v) is 3.64. The van der Waals surface area contributed by atoms with E-state index < -0.39 is 12.1 Å². The minimum Gasteiger partial charge on any atom is -0.479 e. The predicted octanol–water partition coefficient (Wildman–Crippen LogP) is 0.181. The third-order valence-corrected chi connectivity index (χ3v) is 2.26. The summed E-state index contributed by atoms with van der Waals surface area (Å²) in [6, 6.07) is 9.51. The van der Waals surface area contributed by atoms with E-state index in [0.29, 0.717) is 6.42 Å². The van der Waals surface area contributed by atoms with Gasteiger partial charge in [0.25, 0.3) is 0 Å². The maximum atomic E-state index is 11.3. The molecule has 3 N–H and O–H groups in total. The van der Waals surface area contributed by atoms with Gasteiger partial charge in [0, 0.05) is 6.42 Å². The average Bonchev–Trinajstić information content (AvgIpc) is 2.34. The summed E-state index contributed by atoms with van der Waals surface area (Å²) >= 11 is 0. The Hall–Kier alpha value is -1.88. The van der Waals surface area contributed by atoms with Crippen molar-refractivity contribution in [3.8, 4) is 0 Å². The van der Waals surface area contributed by atoms with Crippen molar-refractivity contribution >= 4 is 11.9 Å². The molecule has 1 aromatic rings. The average molecular weight is 237 g/mol. The second kappa shape index (κ2) is 6.65. The molecule has 0 aliphatic heterocycles. The number of hydrogen-bond acceptors (Lipinski definition) is 3. The lowest BCUT2D eigenvalue weighted by molar-refractivity contribution is -0.146. The van der Waals surface area contributed by atoms with Crippen molar-refractivity contribution in [1.82, 2.24) is 5.32 Å². The van der Waals surface area contributed by atoms with Crippen molar-refractivity contribution in [2.24, 2.45) is 0 Å². The van der Waals surface area contributed by atoms with E-state index in [2.05, 4.69) is 5.32 Å². The fourth-order valence-electron chi connectivity index (χ4n) is 1.29. The summed E-state index contributed by atoms with van der Waals surface area (Å²) < 4.78 is 0. The molecule has 0 saturated heterocycles. The molecule has 1 atom stereocenters. The van der Waals surface area contributed by atoms with Crippen molar-refractivity contribution in [2.75, 3.05) is 6.54 Å². The number of rotatable bonds is 6. The third-order valence-electron chi connectivity index (χ3n) is 2.26. The summed E-state index contributed by atoms with van der Waals surface area (Å²) in [5, 5.41) is 19.7.